The van der Waals surface area contributed by atoms with Gasteiger partial charge in [0.2, 0.25) is 0 Å². The van der Waals surface area contributed by atoms with E-state index in [0.717, 1.165) is 0 Å². The van der Waals surface area contributed by atoms with Crippen LogP contribution in [0.1, 0.15) is 0 Å². The van der Waals surface area contributed by atoms with Crippen molar-refractivity contribution in [3.8, 4) is 0 Å². The molecule has 32 valence electrons. The molecule has 0 atom stereocenters. The van der Waals surface area contributed by atoms with Crippen molar-refractivity contribution in [3.05, 3.63) is 25.3 Å². The Labute approximate surface area is 46.2 Å². The Hall–Kier alpha value is 0.142. The molecule has 0 aromatic heterocycles. The third-order valence-electron chi connectivity index (χ3n) is 0.167. The van der Waals surface area contributed by atoms with Gasteiger partial charge in [-0.1, -0.05) is 25.3 Å². The second kappa shape index (κ2) is 8.91. The molecule has 0 heterocycles. The fourth-order valence-corrected chi connectivity index (χ4v) is 0. The van der Waals surface area contributed by atoms with E-state index >= 15 is 0 Å². The fourth-order valence-electron chi connectivity index (χ4n) is 0. The number of allylic oxidation sites excluding steroid dienone is 2. The van der Waals surface area contributed by atoms with Crippen LogP contribution in [0.15, 0.2) is 25.3 Å². The molecule has 0 N–H and O–H groups in total. The molecule has 0 nitrogen and oxygen atoms in total. The maximum Gasteiger partial charge on any atom is 0 e. The summed E-state index contributed by atoms with van der Waals surface area (Å²) in [4.78, 5) is 0. The van der Waals surface area contributed by atoms with E-state index in [2.05, 4.69) is 13.2 Å². The van der Waals surface area contributed by atoms with Crippen LogP contribution in [0, 0.1) is 0 Å². The summed E-state index contributed by atoms with van der Waals surface area (Å²) >= 11 is 0. The van der Waals surface area contributed by atoms with Crippen molar-refractivity contribution in [3.63, 3.8) is 0 Å². The van der Waals surface area contributed by atoms with E-state index in [1.54, 1.807) is 12.2 Å². The molecule has 0 rings (SSSR count). The Morgan fingerprint density at radius 1 is 1.00 bits per heavy atom. The van der Waals surface area contributed by atoms with Crippen molar-refractivity contribution in [2.45, 2.75) is 0 Å². The minimum atomic E-state index is 0. The van der Waals surface area contributed by atoms with Crippen LogP contribution in [-0.4, -0.2) is 0 Å². The molecule has 0 aliphatic carbocycles. The predicted octanol–water partition coefficient (Wildman–Crippen LogP) is 1.36. The Bertz CT molecular complexity index is 24.6. The average Bonchev–Trinajstić information content (AvgIpc) is 1.37. The summed E-state index contributed by atoms with van der Waals surface area (Å²) in [7, 11) is 0. The number of hydrogen-bond acceptors (Lipinski definition) is 0. The van der Waals surface area contributed by atoms with Gasteiger partial charge in [-0.3, -0.25) is 0 Å². The van der Waals surface area contributed by atoms with E-state index in [4.69, 9.17) is 0 Å². The number of rotatable bonds is 1. The standard InChI is InChI=1S/C4H6.Pd/c1-3-4-2;/h3-4H,1-2H2;. The van der Waals surface area contributed by atoms with Crippen LogP contribution in [0.2, 0.25) is 0 Å². The van der Waals surface area contributed by atoms with E-state index < -0.39 is 0 Å². The molecule has 0 aromatic rings. The Morgan fingerprint density at radius 3 is 1.20 bits per heavy atom. The van der Waals surface area contributed by atoms with Gasteiger partial charge in [-0.05, 0) is 0 Å². The van der Waals surface area contributed by atoms with Gasteiger partial charge in [-0.15, -0.1) is 0 Å². The van der Waals surface area contributed by atoms with Gasteiger partial charge in [-0.25, -0.2) is 0 Å². The zero-order valence-corrected chi connectivity index (χ0v) is 4.44. The zero-order chi connectivity index (χ0) is 3.41. The van der Waals surface area contributed by atoms with Gasteiger partial charge in [0.1, 0.15) is 0 Å². The predicted molar refractivity (Wildman–Crippen MR) is 20.4 cm³/mol. The Morgan fingerprint density at radius 2 is 1.20 bits per heavy atom. The first kappa shape index (κ1) is 8.94. The normalized spacial score (nSPS) is 4.00. The summed E-state index contributed by atoms with van der Waals surface area (Å²) in [6, 6.07) is 0. The van der Waals surface area contributed by atoms with E-state index in [1.807, 2.05) is 0 Å². The molecular formula is C4H6Pd. The SMILES string of the molecule is C=CC=C.[Pd]. The van der Waals surface area contributed by atoms with Crippen molar-refractivity contribution in [1.82, 2.24) is 0 Å². The maximum absolute atomic E-state index is 3.36. The van der Waals surface area contributed by atoms with Gasteiger partial charge in [-0.2, -0.15) is 0 Å². The van der Waals surface area contributed by atoms with E-state index in [-0.39, 0.29) is 20.4 Å². The van der Waals surface area contributed by atoms with Crippen LogP contribution in [0.5, 0.6) is 0 Å². The first-order valence-electron chi connectivity index (χ1n) is 1.15. The van der Waals surface area contributed by atoms with Gasteiger partial charge in [0, 0.05) is 20.4 Å². The molecule has 0 amide bonds. The van der Waals surface area contributed by atoms with Crippen molar-refractivity contribution < 1.29 is 20.4 Å². The summed E-state index contributed by atoms with van der Waals surface area (Å²) in [5.74, 6) is 0. The topological polar surface area (TPSA) is 0 Å². The molecule has 0 saturated carbocycles. The zero-order valence-electron chi connectivity index (χ0n) is 2.89. The molecular weight excluding hydrogens is 154 g/mol. The Kier molecular flexibility index (Phi) is 15.9. The van der Waals surface area contributed by atoms with Crippen molar-refractivity contribution >= 4 is 0 Å². The molecule has 0 fully saturated rings. The smallest absolute Gasteiger partial charge is 0 e. The second-order valence-electron chi connectivity index (χ2n) is 0.471. The monoisotopic (exact) mass is 160 g/mol. The van der Waals surface area contributed by atoms with Crippen LogP contribution in [-0.2, 0) is 20.4 Å². The molecule has 0 aliphatic rings. The average molecular weight is 161 g/mol. The third kappa shape index (κ3) is 14.6. The summed E-state index contributed by atoms with van der Waals surface area (Å²) in [5, 5.41) is 0. The summed E-state index contributed by atoms with van der Waals surface area (Å²) in [6.07, 6.45) is 3.28. The summed E-state index contributed by atoms with van der Waals surface area (Å²) < 4.78 is 0. The van der Waals surface area contributed by atoms with Gasteiger partial charge in [0.25, 0.3) is 0 Å². The van der Waals surface area contributed by atoms with Gasteiger partial charge in [0.05, 0.1) is 0 Å². The van der Waals surface area contributed by atoms with Crippen LogP contribution in [0.25, 0.3) is 0 Å². The second-order valence-corrected chi connectivity index (χ2v) is 0.471. The van der Waals surface area contributed by atoms with Crippen LogP contribution >= 0.6 is 0 Å². The maximum atomic E-state index is 3.36. The quantitative estimate of drug-likeness (QED) is 0.401. The van der Waals surface area contributed by atoms with Gasteiger partial charge in [0.15, 0.2) is 0 Å². The summed E-state index contributed by atoms with van der Waals surface area (Å²) in [6.45, 7) is 6.72. The van der Waals surface area contributed by atoms with Crippen molar-refractivity contribution in [2.75, 3.05) is 0 Å². The summed E-state index contributed by atoms with van der Waals surface area (Å²) in [5.41, 5.74) is 0. The molecule has 0 spiro atoms. The molecule has 0 bridgehead atoms. The first-order chi connectivity index (χ1) is 1.91. The fraction of sp³-hybridized carbons (Fsp3) is 0. The Balaban J connectivity index is 0. The van der Waals surface area contributed by atoms with E-state index in [1.165, 1.54) is 0 Å². The minimum absolute atomic E-state index is 0. The van der Waals surface area contributed by atoms with E-state index in [0.29, 0.717) is 0 Å². The first-order valence-corrected chi connectivity index (χ1v) is 1.15. The number of hydrogen-bond donors (Lipinski definition) is 0. The van der Waals surface area contributed by atoms with Crippen LogP contribution in [0.3, 0.4) is 0 Å². The molecule has 0 radical (unpaired) electrons. The molecule has 1 heteroatoms. The van der Waals surface area contributed by atoms with Crippen LogP contribution in [0.4, 0.5) is 0 Å². The van der Waals surface area contributed by atoms with Crippen molar-refractivity contribution in [2.24, 2.45) is 0 Å². The molecule has 0 aliphatic heterocycles. The molecule has 0 aromatic carbocycles. The van der Waals surface area contributed by atoms with Gasteiger partial charge >= 0.3 is 0 Å². The third-order valence-corrected chi connectivity index (χ3v) is 0.167. The minimum Gasteiger partial charge on any atom is -0.0991 e. The van der Waals surface area contributed by atoms with E-state index in [9.17, 15) is 0 Å². The molecule has 0 unspecified atom stereocenters. The van der Waals surface area contributed by atoms with Crippen LogP contribution < -0.4 is 0 Å². The van der Waals surface area contributed by atoms with Crippen molar-refractivity contribution in [1.29, 1.82) is 0 Å². The molecule has 5 heavy (non-hydrogen) atoms. The van der Waals surface area contributed by atoms with Gasteiger partial charge < -0.3 is 0 Å². The largest absolute Gasteiger partial charge is 0.0991 e. The molecule has 0 saturated heterocycles.